The number of carboxylic acids is 1. The first kappa shape index (κ1) is 24.7. The molecular formula is C29H35ClO4. The van der Waals surface area contributed by atoms with Crippen LogP contribution in [0.2, 0.25) is 5.02 Å². The van der Waals surface area contributed by atoms with Crippen molar-refractivity contribution < 1.29 is 19.4 Å². The van der Waals surface area contributed by atoms with Crippen molar-refractivity contribution in [2.24, 2.45) is 5.92 Å². The number of fused-ring (bicyclic) bond motifs is 2. The lowest BCUT2D eigenvalue weighted by Crippen LogP contribution is -2.27. The molecule has 0 bridgehead atoms. The molecule has 2 aromatic carbocycles. The Labute approximate surface area is 207 Å². The molecule has 1 aliphatic carbocycles. The van der Waals surface area contributed by atoms with Gasteiger partial charge in [0, 0.05) is 34.1 Å². The molecule has 2 unspecified atom stereocenters. The summed E-state index contributed by atoms with van der Waals surface area (Å²) in [6.45, 7) is 7.65. The Balaban J connectivity index is 1.41. The molecule has 4 nitrogen and oxygen atoms in total. The number of unbranched alkanes of at least 4 members (excludes halogenated alkanes) is 1. The van der Waals surface area contributed by atoms with Gasteiger partial charge in [0.05, 0.1) is 6.61 Å². The van der Waals surface area contributed by atoms with Crippen LogP contribution >= 0.6 is 11.6 Å². The van der Waals surface area contributed by atoms with Crippen molar-refractivity contribution in [1.82, 2.24) is 0 Å². The predicted octanol–water partition coefficient (Wildman–Crippen LogP) is 7.50. The van der Waals surface area contributed by atoms with Gasteiger partial charge in [0.1, 0.15) is 18.1 Å². The molecule has 4 rings (SSSR count). The van der Waals surface area contributed by atoms with Crippen LogP contribution in [0.4, 0.5) is 0 Å². The zero-order valence-electron chi connectivity index (χ0n) is 20.1. The van der Waals surface area contributed by atoms with E-state index in [1.165, 1.54) is 16.7 Å². The van der Waals surface area contributed by atoms with Gasteiger partial charge in [-0.2, -0.15) is 0 Å². The van der Waals surface area contributed by atoms with Gasteiger partial charge in [-0.05, 0) is 68.6 Å². The highest BCUT2D eigenvalue weighted by atomic mass is 35.5. The quantitative estimate of drug-likeness (QED) is 0.297. The number of benzene rings is 2. The molecule has 1 N–H and O–H groups in total. The second kappa shape index (κ2) is 10.9. The molecule has 1 saturated carbocycles. The summed E-state index contributed by atoms with van der Waals surface area (Å²) in [5, 5.41) is 9.62. The van der Waals surface area contributed by atoms with Crippen molar-refractivity contribution >= 4 is 17.6 Å². The summed E-state index contributed by atoms with van der Waals surface area (Å²) < 4.78 is 12.3. The first-order valence-corrected chi connectivity index (χ1v) is 12.9. The lowest BCUT2D eigenvalue weighted by molar-refractivity contribution is -0.137. The van der Waals surface area contributed by atoms with E-state index in [0.717, 1.165) is 73.5 Å². The highest BCUT2D eigenvalue weighted by Crippen LogP contribution is 2.50. The van der Waals surface area contributed by atoms with Gasteiger partial charge in [0.2, 0.25) is 0 Å². The van der Waals surface area contributed by atoms with Crippen LogP contribution in [0.3, 0.4) is 0 Å². The van der Waals surface area contributed by atoms with Gasteiger partial charge < -0.3 is 14.6 Å². The van der Waals surface area contributed by atoms with E-state index in [-0.39, 0.29) is 11.8 Å². The summed E-state index contributed by atoms with van der Waals surface area (Å²) >= 11 is 6.42. The fourth-order valence-corrected chi connectivity index (χ4v) is 5.76. The largest absolute Gasteiger partial charge is 0.492 e. The summed E-state index contributed by atoms with van der Waals surface area (Å²) in [4.78, 5) is 10.8. The second-order valence-electron chi connectivity index (χ2n) is 9.78. The lowest BCUT2D eigenvalue weighted by Gasteiger charge is -2.26. The van der Waals surface area contributed by atoms with Crippen LogP contribution in [-0.2, 0) is 23.2 Å². The van der Waals surface area contributed by atoms with E-state index < -0.39 is 5.97 Å². The molecule has 2 atom stereocenters. The SMILES string of the molecule is C=C1CCC2(CCC1CCCCC(=O)O)COc1cc(OCc3c(Cl)cccc3CC)ccc12. The van der Waals surface area contributed by atoms with Crippen LogP contribution in [-0.4, -0.2) is 17.7 Å². The standard InChI is InChI=1S/C29H35ClO4/c1-3-21-8-6-9-26(30)24(21)18-33-23-11-12-25-27(17-23)34-19-29(25)15-13-20(2)22(14-16-29)7-4-5-10-28(31)32/h6,8-9,11-12,17,22H,2-5,7,10,13-16,18-19H2,1H3,(H,31,32). The summed E-state index contributed by atoms with van der Waals surface area (Å²) in [5.41, 5.74) is 4.88. The zero-order valence-corrected chi connectivity index (χ0v) is 20.8. The zero-order chi connectivity index (χ0) is 24.1. The normalized spacial score (nSPS) is 21.7. The van der Waals surface area contributed by atoms with Crippen LogP contribution in [0.15, 0.2) is 48.6 Å². The second-order valence-corrected chi connectivity index (χ2v) is 10.2. The third kappa shape index (κ3) is 5.43. The molecule has 5 heteroatoms. The van der Waals surface area contributed by atoms with Crippen molar-refractivity contribution in [3.8, 4) is 11.5 Å². The molecule has 0 saturated heterocycles. The van der Waals surface area contributed by atoms with Crippen LogP contribution in [0.25, 0.3) is 0 Å². The topological polar surface area (TPSA) is 55.8 Å². The van der Waals surface area contributed by atoms with Crippen LogP contribution < -0.4 is 9.47 Å². The van der Waals surface area contributed by atoms with Crippen LogP contribution in [0, 0.1) is 5.92 Å². The van der Waals surface area contributed by atoms with Gasteiger partial charge in [-0.3, -0.25) is 4.79 Å². The van der Waals surface area contributed by atoms with Gasteiger partial charge in [0.25, 0.3) is 0 Å². The predicted molar refractivity (Wildman–Crippen MR) is 136 cm³/mol. The van der Waals surface area contributed by atoms with Crippen molar-refractivity contribution in [2.45, 2.75) is 76.7 Å². The number of carboxylic acid groups (broad SMARTS) is 1. The minimum absolute atomic E-state index is 0.0325. The van der Waals surface area contributed by atoms with E-state index in [2.05, 4.69) is 31.7 Å². The number of ether oxygens (including phenoxy) is 2. The van der Waals surface area contributed by atoms with Gasteiger partial charge >= 0.3 is 5.97 Å². The Hall–Kier alpha value is -2.46. The Morgan fingerprint density at radius 2 is 2.12 bits per heavy atom. The maximum Gasteiger partial charge on any atom is 0.303 e. The Kier molecular flexibility index (Phi) is 7.88. The molecular weight excluding hydrogens is 448 g/mol. The first-order chi connectivity index (χ1) is 16.4. The van der Waals surface area contributed by atoms with E-state index in [1.54, 1.807) is 0 Å². The average molecular weight is 483 g/mol. The third-order valence-electron chi connectivity index (χ3n) is 7.67. The fraction of sp³-hybridized carbons (Fsp3) is 0.483. The number of hydrogen-bond acceptors (Lipinski definition) is 3. The van der Waals surface area contributed by atoms with E-state index in [0.29, 0.717) is 19.1 Å². The molecule has 182 valence electrons. The molecule has 2 aliphatic rings. The Morgan fingerprint density at radius 3 is 2.91 bits per heavy atom. The van der Waals surface area contributed by atoms with Gasteiger partial charge in [-0.25, -0.2) is 0 Å². The summed E-state index contributed by atoms with van der Waals surface area (Å²) in [7, 11) is 0. The highest BCUT2D eigenvalue weighted by Gasteiger charge is 2.42. The highest BCUT2D eigenvalue weighted by molar-refractivity contribution is 6.31. The number of aliphatic carboxylic acids is 1. The van der Waals surface area contributed by atoms with Crippen molar-refractivity contribution in [1.29, 1.82) is 0 Å². The summed E-state index contributed by atoms with van der Waals surface area (Å²) in [5.74, 6) is 1.49. The Morgan fingerprint density at radius 1 is 1.26 bits per heavy atom. The number of allylic oxidation sites excluding steroid dienone is 1. The van der Waals surface area contributed by atoms with Crippen LogP contribution in [0.1, 0.15) is 75.0 Å². The van der Waals surface area contributed by atoms with E-state index in [9.17, 15) is 4.79 Å². The third-order valence-corrected chi connectivity index (χ3v) is 8.03. The minimum atomic E-state index is -0.709. The number of hydrogen-bond donors (Lipinski definition) is 1. The maximum atomic E-state index is 10.8. The minimum Gasteiger partial charge on any atom is -0.492 e. The van der Waals surface area contributed by atoms with Gasteiger partial charge in [0.15, 0.2) is 0 Å². The summed E-state index contributed by atoms with van der Waals surface area (Å²) in [6, 6.07) is 12.3. The molecule has 1 heterocycles. The molecule has 1 fully saturated rings. The number of rotatable bonds is 9. The number of aryl methyl sites for hydroxylation is 1. The Bertz CT molecular complexity index is 1050. The van der Waals surface area contributed by atoms with E-state index in [4.69, 9.17) is 26.2 Å². The van der Waals surface area contributed by atoms with Crippen molar-refractivity contribution in [2.75, 3.05) is 6.61 Å². The molecule has 1 aliphatic heterocycles. The van der Waals surface area contributed by atoms with Gasteiger partial charge in [-0.1, -0.05) is 55.3 Å². The van der Waals surface area contributed by atoms with Crippen molar-refractivity contribution in [3.05, 3.63) is 70.3 Å². The van der Waals surface area contributed by atoms with Gasteiger partial charge in [-0.15, -0.1) is 0 Å². The number of halogens is 1. The molecule has 34 heavy (non-hydrogen) atoms. The fourth-order valence-electron chi connectivity index (χ4n) is 5.51. The monoisotopic (exact) mass is 482 g/mol. The van der Waals surface area contributed by atoms with Crippen molar-refractivity contribution in [3.63, 3.8) is 0 Å². The number of carbonyl (C=O) groups is 1. The summed E-state index contributed by atoms with van der Waals surface area (Å²) in [6.07, 6.45) is 8.09. The van der Waals surface area contributed by atoms with Crippen LogP contribution in [0.5, 0.6) is 11.5 Å². The molecule has 0 amide bonds. The molecule has 0 radical (unpaired) electrons. The molecule has 0 aromatic heterocycles. The smallest absolute Gasteiger partial charge is 0.303 e. The average Bonchev–Trinajstić information content (AvgIpc) is 3.10. The van der Waals surface area contributed by atoms with E-state index in [1.807, 2.05) is 18.2 Å². The van der Waals surface area contributed by atoms with E-state index >= 15 is 0 Å². The maximum absolute atomic E-state index is 10.8. The first-order valence-electron chi connectivity index (χ1n) is 12.5. The molecule has 2 aromatic rings. The lowest BCUT2D eigenvalue weighted by atomic mass is 9.76. The molecule has 1 spiro atoms.